The average Bonchev–Trinajstić information content (AvgIpc) is 3.53. The average molecular weight is 438 g/mol. The molecule has 0 saturated carbocycles. The standard InChI is InChI=1S/C18H18N10O2S/c19-14(29)10-9-13(25-24-10)21-15-11-3-2-7-28(11)26-17(22-15)27-6-1-4-12(27)16(30)23-18-20-5-8-31-18/h2-3,5,7-9,12H,1,4,6H2,(H2,19,29)(H,20,23,30)(H2,21,22,24,25,26)/t12-/m0/s1. The summed E-state index contributed by atoms with van der Waals surface area (Å²) in [5, 5.41) is 19.5. The lowest BCUT2D eigenvalue weighted by Crippen LogP contribution is -2.40. The number of aromatic nitrogens is 6. The van der Waals surface area contributed by atoms with Gasteiger partial charge in [-0.15, -0.1) is 16.4 Å². The van der Waals surface area contributed by atoms with Crippen LogP contribution in [0.3, 0.4) is 0 Å². The van der Waals surface area contributed by atoms with Crippen molar-refractivity contribution in [2.75, 3.05) is 22.1 Å². The molecule has 0 aliphatic carbocycles. The van der Waals surface area contributed by atoms with E-state index in [0.717, 1.165) is 11.9 Å². The van der Waals surface area contributed by atoms with Crippen molar-refractivity contribution in [1.29, 1.82) is 0 Å². The van der Waals surface area contributed by atoms with Crippen molar-refractivity contribution in [1.82, 2.24) is 29.8 Å². The fourth-order valence-electron chi connectivity index (χ4n) is 3.52. The number of fused-ring (bicyclic) bond motifs is 1. The zero-order valence-electron chi connectivity index (χ0n) is 16.1. The number of primary amides is 1. The van der Waals surface area contributed by atoms with Crippen LogP contribution >= 0.6 is 11.3 Å². The van der Waals surface area contributed by atoms with Crippen LogP contribution in [-0.2, 0) is 4.79 Å². The molecule has 1 aliphatic rings. The van der Waals surface area contributed by atoms with Crippen molar-refractivity contribution in [3.05, 3.63) is 41.7 Å². The lowest BCUT2D eigenvalue weighted by molar-refractivity contribution is -0.117. The maximum atomic E-state index is 12.8. The fourth-order valence-corrected chi connectivity index (χ4v) is 4.05. The van der Waals surface area contributed by atoms with Crippen LogP contribution in [0.15, 0.2) is 36.0 Å². The highest BCUT2D eigenvalue weighted by molar-refractivity contribution is 7.13. The lowest BCUT2D eigenvalue weighted by atomic mass is 10.2. The van der Waals surface area contributed by atoms with Crippen LogP contribution < -0.4 is 21.3 Å². The molecule has 0 radical (unpaired) electrons. The highest BCUT2D eigenvalue weighted by atomic mass is 32.1. The molecule has 1 fully saturated rings. The number of amides is 2. The van der Waals surface area contributed by atoms with Crippen LogP contribution in [0.25, 0.3) is 5.52 Å². The summed E-state index contributed by atoms with van der Waals surface area (Å²) in [6.07, 6.45) is 4.97. The molecule has 5 rings (SSSR count). The van der Waals surface area contributed by atoms with Gasteiger partial charge in [-0.05, 0) is 25.0 Å². The van der Waals surface area contributed by atoms with E-state index in [1.54, 1.807) is 16.9 Å². The summed E-state index contributed by atoms with van der Waals surface area (Å²) in [5.74, 6) is 0.540. The first-order valence-electron chi connectivity index (χ1n) is 9.53. The van der Waals surface area contributed by atoms with Gasteiger partial charge in [-0.25, -0.2) is 9.50 Å². The second kappa shape index (κ2) is 7.68. The third-order valence-corrected chi connectivity index (χ3v) is 5.63. The van der Waals surface area contributed by atoms with E-state index in [0.29, 0.717) is 35.7 Å². The number of nitrogens with one attached hydrogen (secondary N) is 3. The quantitative estimate of drug-likeness (QED) is 0.351. The zero-order valence-corrected chi connectivity index (χ0v) is 17.0. The third kappa shape index (κ3) is 3.66. The number of carbonyl (C=O) groups excluding carboxylic acids is 2. The Morgan fingerprint density at radius 2 is 2.26 bits per heavy atom. The zero-order chi connectivity index (χ0) is 21.4. The second-order valence-electron chi connectivity index (χ2n) is 6.93. The van der Waals surface area contributed by atoms with E-state index >= 15 is 0 Å². The largest absolute Gasteiger partial charge is 0.364 e. The predicted molar refractivity (Wildman–Crippen MR) is 114 cm³/mol. The first kappa shape index (κ1) is 19.0. The SMILES string of the molecule is NC(=O)c1cc(Nc2nc(N3CCC[C@H]3C(=O)Nc3nccs3)nn3cccc23)n[nH]1. The summed E-state index contributed by atoms with van der Waals surface area (Å²) >= 11 is 1.37. The van der Waals surface area contributed by atoms with E-state index < -0.39 is 11.9 Å². The molecule has 12 nitrogen and oxygen atoms in total. The van der Waals surface area contributed by atoms with Crippen molar-refractivity contribution in [2.45, 2.75) is 18.9 Å². The Morgan fingerprint density at radius 3 is 3.03 bits per heavy atom. The number of carbonyl (C=O) groups is 2. The minimum atomic E-state index is -0.608. The number of hydrogen-bond acceptors (Lipinski definition) is 9. The molecule has 4 aromatic rings. The summed E-state index contributed by atoms with van der Waals surface area (Å²) < 4.78 is 1.68. The third-order valence-electron chi connectivity index (χ3n) is 4.94. The molecule has 5 heterocycles. The van der Waals surface area contributed by atoms with Crippen molar-refractivity contribution in [2.24, 2.45) is 5.73 Å². The summed E-state index contributed by atoms with van der Waals surface area (Å²) in [5.41, 5.74) is 6.18. The second-order valence-corrected chi connectivity index (χ2v) is 7.83. The molecule has 1 atom stereocenters. The normalized spacial score (nSPS) is 16.0. The van der Waals surface area contributed by atoms with Gasteiger partial charge in [0, 0.05) is 30.4 Å². The summed E-state index contributed by atoms with van der Waals surface area (Å²) in [6, 6.07) is 4.79. The van der Waals surface area contributed by atoms with Crippen LogP contribution in [0.1, 0.15) is 23.3 Å². The van der Waals surface area contributed by atoms with E-state index in [4.69, 9.17) is 5.73 Å². The Labute approximate surface area is 179 Å². The molecule has 13 heteroatoms. The maximum absolute atomic E-state index is 12.8. The Hall–Kier alpha value is -4.00. The van der Waals surface area contributed by atoms with Gasteiger partial charge in [0.15, 0.2) is 16.8 Å². The predicted octanol–water partition coefficient (Wildman–Crippen LogP) is 1.36. The van der Waals surface area contributed by atoms with Crippen molar-refractivity contribution < 1.29 is 9.59 Å². The number of nitrogens with zero attached hydrogens (tertiary/aromatic N) is 6. The Morgan fingerprint density at radius 1 is 1.35 bits per heavy atom. The van der Waals surface area contributed by atoms with E-state index in [1.165, 1.54) is 17.4 Å². The van der Waals surface area contributed by atoms with Gasteiger partial charge in [0.2, 0.25) is 11.9 Å². The van der Waals surface area contributed by atoms with Gasteiger partial charge >= 0.3 is 0 Å². The minimum Gasteiger partial charge on any atom is -0.364 e. The van der Waals surface area contributed by atoms with Crippen LogP contribution in [0.5, 0.6) is 0 Å². The van der Waals surface area contributed by atoms with Gasteiger partial charge in [-0.2, -0.15) is 10.1 Å². The van der Waals surface area contributed by atoms with E-state index in [2.05, 4.69) is 35.9 Å². The summed E-state index contributed by atoms with van der Waals surface area (Å²) in [7, 11) is 0. The van der Waals surface area contributed by atoms with E-state index in [-0.39, 0.29) is 11.6 Å². The van der Waals surface area contributed by atoms with Crippen molar-refractivity contribution >= 4 is 51.4 Å². The highest BCUT2D eigenvalue weighted by Crippen LogP contribution is 2.27. The lowest BCUT2D eigenvalue weighted by Gasteiger charge is -2.24. The molecule has 2 amide bonds. The number of anilines is 4. The van der Waals surface area contributed by atoms with Gasteiger partial charge < -0.3 is 21.3 Å². The number of hydrogen-bond donors (Lipinski definition) is 4. The molecule has 1 saturated heterocycles. The van der Waals surface area contributed by atoms with E-state index in [1.807, 2.05) is 22.4 Å². The molecule has 1 aliphatic heterocycles. The molecule has 5 N–H and O–H groups in total. The van der Waals surface area contributed by atoms with E-state index in [9.17, 15) is 9.59 Å². The molecular formula is C18H18N10O2S. The fraction of sp³-hybridized carbons (Fsp3) is 0.222. The smallest absolute Gasteiger partial charge is 0.266 e. The van der Waals surface area contributed by atoms with Gasteiger partial charge in [0.05, 0.1) is 0 Å². The monoisotopic (exact) mass is 438 g/mol. The molecule has 0 spiro atoms. The van der Waals surface area contributed by atoms with Crippen LogP contribution in [0, 0.1) is 0 Å². The highest BCUT2D eigenvalue weighted by Gasteiger charge is 2.33. The maximum Gasteiger partial charge on any atom is 0.266 e. The molecule has 0 aromatic carbocycles. The number of thiazole rings is 1. The number of H-pyrrole nitrogens is 1. The molecule has 158 valence electrons. The Kier molecular flexibility index (Phi) is 4.71. The van der Waals surface area contributed by atoms with Gasteiger partial charge in [0.25, 0.3) is 5.91 Å². The first-order chi connectivity index (χ1) is 15.1. The molecule has 31 heavy (non-hydrogen) atoms. The van der Waals surface area contributed by atoms with Crippen molar-refractivity contribution in [3.63, 3.8) is 0 Å². The van der Waals surface area contributed by atoms with Gasteiger partial charge in [-0.3, -0.25) is 14.7 Å². The topological polar surface area (TPSA) is 159 Å². The van der Waals surface area contributed by atoms with Gasteiger partial charge in [0.1, 0.15) is 17.3 Å². The molecule has 0 unspecified atom stereocenters. The minimum absolute atomic E-state index is 0.142. The summed E-state index contributed by atoms with van der Waals surface area (Å²) in [6.45, 7) is 0.649. The first-order valence-corrected chi connectivity index (χ1v) is 10.4. The number of nitrogens with two attached hydrogens (primary N) is 1. The molecular weight excluding hydrogens is 420 g/mol. The van der Waals surface area contributed by atoms with Gasteiger partial charge in [-0.1, -0.05) is 0 Å². The van der Waals surface area contributed by atoms with Crippen LogP contribution in [0.4, 0.5) is 22.7 Å². The Balaban J connectivity index is 1.45. The van der Waals surface area contributed by atoms with Crippen molar-refractivity contribution in [3.8, 4) is 0 Å². The van der Waals surface area contributed by atoms with Crippen LogP contribution in [0.2, 0.25) is 0 Å². The number of aromatic amines is 1. The number of rotatable bonds is 6. The molecule has 4 aromatic heterocycles. The Bertz CT molecular complexity index is 1250. The summed E-state index contributed by atoms with van der Waals surface area (Å²) in [4.78, 5) is 34.8. The van der Waals surface area contributed by atoms with Crippen LogP contribution in [-0.4, -0.2) is 54.2 Å². The molecule has 0 bridgehead atoms.